The highest BCUT2D eigenvalue weighted by atomic mass is 16.5. The van der Waals surface area contributed by atoms with Crippen LogP contribution in [-0.2, 0) is 17.8 Å². The summed E-state index contributed by atoms with van der Waals surface area (Å²) in [6, 6.07) is 16.0. The number of hydrogen-bond acceptors (Lipinski definition) is 4. The van der Waals surface area contributed by atoms with Crippen molar-refractivity contribution in [1.82, 2.24) is 15.5 Å². The average molecular weight is 439 g/mol. The van der Waals surface area contributed by atoms with Gasteiger partial charge in [0.1, 0.15) is 6.10 Å². The van der Waals surface area contributed by atoms with Gasteiger partial charge >= 0.3 is 0 Å². The monoisotopic (exact) mass is 438 g/mol. The number of carbonyl (C=O) groups excluding carboxylic acids is 1. The fourth-order valence-electron chi connectivity index (χ4n) is 3.75. The van der Waals surface area contributed by atoms with Crippen LogP contribution in [0.5, 0.6) is 11.5 Å². The third kappa shape index (κ3) is 6.64. The van der Waals surface area contributed by atoms with Crippen LogP contribution >= 0.6 is 0 Å². The number of para-hydroxylation sites is 2. The molecule has 1 amide bonds. The van der Waals surface area contributed by atoms with Gasteiger partial charge in [0.25, 0.3) is 0 Å². The molecule has 2 aromatic rings. The first-order valence-corrected chi connectivity index (χ1v) is 11.2. The van der Waals surface area contributed by atoms with E-state index in [0.717, 1.165) is 25.9 Å². The van der Waals surface area contributed by atoms with Gasteiger partial charge in [0.05, 0.1) is 13.7 Å². The molecule has 0 fully saturated rings. The van der Waals surface area contributed by atoms with Gasteiger partial charge in [-0.25, -0.2) is 0 Å². The number of methoxy groups -OCH3 is 1. The van der Waals surface area contributed by atoms with Crippen LogP contribution in [-0.4, -0.2) is 56.7 Å². The summed E-state index contributed by atoms with van der Waals surface area (Å²) in [4.78, 5) is 18.8. The summed E-state index contributed by atoms with van der Waals surface area (Å²) in [7, 11) is 3.36. The van der Waals surface area contributed by atoms with Gasteiger partial charge in [-0.3, -0.25) is 9.79 Å². The molecule has 1 aliphatic heterocycles. The minimum Gasteiger partial charge on any atom is -0.493 e. The first kappa shape index (κ1) is 23.4. The van der Waals surface area contributed by atoms with Crippen LogP contribution in [0.2, 0.25) is 0 Å². The molecule has 7 heteroatoms. The summed E-state index contributed by atoms with van der Waals surface area (Å²) in [6.07, 6.45) is 2.14. The molecular weight excluding hydrogens is 404 g/mol. The standard InChI is InChI=1S/C25H34N4O3/c1-19(32-23-12-7-6-11-22(23)31-3)17-28-25(26-2)27-15-8-13-24(30)29-16-14-20-9-4-5-10-21(20)18-29/h4-7,9-12,19H,8,13-18H2,1-3H3,(H2,26,27,28). The van der Waals surface area contributed by atoms with Crippen molar-refractivity contribution in [2.45, 2.75) is 38.8 Å². The molecule has 2 aromatic carbocycles. The Morgan fingerprint density at radius 3 is 2.56 bits per heavy atom. The molecule has 0 saturated heterocycles. The number of aliphatic imine (C=N–C) groups is 1. The third-order valence-electron chi connectivity index (χ3n) is 5.52. The van der Waals surface area contributed by atoms with Gasteiger partial charge in [0, 0.05) is 33.1 Å². The zero-order valence-corrected chi connectivity index (χ0v) is 19.3. The highest BCUT2D eigenvalue weighted by molar-refractivity contribution is 5.80. The number of guanidine groups is 1. The fourth-order valence-corrected chi connectivity index (χ4v) is 3.75. The molecule has 0 bridgehead atoms. The Labute approximate surface area is 190 Å². The van der Waals surface area contributed by atoms with E-state index in [2.05, 4.69) is 33.8 Å². The van der Waals surface area contributed by atoms with E-state index < -0.39 is 0 Å². The number of ether oxygens (including phenoxy) is 2. The second kappa shape index (κ2) is 12.0. The summed E-state index contributed by atoms with van der Waals surface area (Å²) in [5.74, 6) is 2.33. The van der Waals surface area contributed by atoms with E-state index in [1.165, 1.54) is 11.1 Å². The topological polar surface area (TPSA) is 75.2 Å². The first-order chi connectivity index (χ1) is 15.6. The predicted octanol–water partition coefficient (Wildman–Crippen LogP) is 2.99. The quantitative estimate of drug-likeness (QED) is 0.358. The summed E-state index contributed by atoms with van der Waals surface area (Å²) in [5, 5.41) is 6.54. The Hall–Kier alpha value is -3.22. The maximum absolute atomic E-state index is 12.6. The van der Waals surface area contributed by atoms with Crippen LogP contribution < -0.4 is 20.1 Å². The molecule has 1 atom stereocenters. The van der Waals surface area contributed by atoms with E-state index in [9.17, 15) is 4.79 Å². The van der Waals surface area contributed by atoms with Crippen LogP contribution in [0.15, 0.2) is 53.5 Å². The molecule has 1 unspecified atom stereocenters. The summed E-state index contributed by atoms with van der Waals surface area (Å²) >= 11 is 0. The van der Waals surface area contributed by atoms with Crippen LogP contribution in [0.4, 0.5) is 0 Å². The number of hydrogen-bond donors (Lipinski definition) is 2. The maximum Gasteiger partial charge on any atom is 0.222 e. The van der Waals surface area contributed by atoms with Crippen LogP contribution in [0.25, 0.3) is 0 Å². The normalized spacial score (nSPS) is 14.3. The van der Waals surface area contributed by atoms with E-state index in [-0.39, 0.29) is 12.0 Å². The van der Waals surface area contributed by atoms with E-state index in [1.807, 2.05) is 42.2 Å². The van der Waals surface area contributed by atoms with Crippen molar-refractivity contribution in [2.24, 2.45) is 4.99 Å². The lowest BCUT2D eigenvalue weighted by molar-refractivity contribution is -0.132. The number of nitrogens with one attached hydrogen (secondary N) is 2. The molecule has 2 N–H and O–H groups in total. The predicted molar refractivity (Wildman–Crippen MR) is 127 cm³/mol. The van der Waals surface area contributed by atoms with Crippen molar-refractivity contribution in [2.75, 3.05) is 33.8 Å². The zero-order valence-electron chi connectivity index (χ0n) is 19.3. The number of fused-ring (bicyclic) bond motifs is 1. The largest absolute Gasteiger partial charge is 0.493 e. The number of benzene rings is 2. The molecule has 0 aliphatic carbocycles. The molecular formula is C25H34N4O3. The molecule has 0 saturated carbocycles. The molecule has 0 radical (unpaired) electrons. The van der Waals surface area contributed by atoms with E-state index in [1.54, 1.807) is 14.2 Å². The Morgan fingerprint density at radius 1 is 1.09 bits per heavy atom. The minimum absolute atomic E-state index is 0.0755. The molecule has 3 rings (SSSR count). The van der Waals surface area contributed by atoms with Gasteiger partial charge in [0.15, 0.2) is 17.5 Å². The minimum atomic E-state index is -0.0755. The van der Waals surface area contributed by atoms with Gasteiger partial charge in [-0.15, -0.1) is 0 Å². The van der Waals surface area contributed by atoms with Crippen molar-refractivity contribution in [3.63, 3.8) is 0 Å². The summed E-state index contributed by atoms with van der Waals surface area (Å²) in [6.45, 7) is 4.77. The second-order valence-electron chi connectivity index (χ2n) is 7.90. The van der Waals surface area contributed by atoms with Crippen LogP contribution in [0.1, 0.15) is 30.9 Å². The molecule has 172 valence electrons. The van der Waals surface area contributed by atoms with Crippen molar-refractivity contribution in [3.05, 3.63) is 59.7 Å². The van der Waals surface area contributed by atoms with Gasteiger partial charge in [0.2, 0.25) is 5.91 Å². The van der Waals surface area contributed by atoms with Gasteiger partial charge in [-0.2, -0.15) is 0 Å². The van der Waals surface area contributed by atoms with Crippen LogP contribution in [0.3, 0.4) is 0 Å². The Bertz CT molecular complexity index is 916. The van der Waals surface area contributed by atoms with Crippen LogP contribution in [0, 0.1) is 0 Å². The maximum atomic E-state index is 12.6. The molecule has 7 nitrogen and oxygen atoms in total. The van der Waals surface area contributed by atoms with Crippen molar-refractivity contribution < 1.29 is 14.3 Å². The Morgan fingerprint density at radius 2 is 1.81 bits per heavy atom. The molecule has 32 heavy (non-hydrogen) atoms. The van der Waals surface area contributed by atoms with E-state index >= 15 is 0 Å². The summed E-state index contributed by atoms with van der Waals surface area (Å²) in [5.41, 5.74) is 2.62. The number of nitrogens with zero attached hydrogens (tertiary/aromatic N) is 2. The SMILES string of the molecule is CN=C(NCCCC(=O)N1CCc2ccccc2C1)NCC(C)Oc1ccccc1OC. The first-order valence-electron chi connectivity index (χ1n) is 11.2. The highest BCUT2D eigenvalue weighted by Gasteiger charge is 2.19. The third-order valence-corrected chi connectivity index (χ3v) is 5.52. The van der Waals surface area contributed by atoms with Gasteiger partial charge < -0.3 is 25.0 Å². The Balaban J connectivity index is 1.34. The lowest BCUT2D eigenvalue weighted by atomic mass is 9.99. The average Bonchev–Trinajstić information content (AvgIpc) is 2.83. The lowest BCUT2D eigenvalue weighted by Crippen LogP contribution is -2.42. The van der Waals surface area contributed by atoms with Gasteiger partial charge in [-0.1, -0.05) is 36.4 Å². The number of rotatable bonds is 9. The van der Waals surface area contributed by atoms with Crippen molar-refractivity contribution >= 4 is 11.9 Å². The zero-order chi connectivity index (χ0) is 22.8. The number of amides is 1. The Kier molecular flexibility index (Phi) is 8.78. The second-order valence-corrected chi connectivity index (χ2v) is 7.90. The lowest BCUT2D eigenvalue weighted by Gasteiger charge is -2.29. The van der Waals surface area contributed by atoms with E-state index in [4.69, 9.17) is 9.47 Å². The van der Waals surface area contributed by atoms with E-state index in [0.29, 0.717) is 37.0 Å². The van der Waals surface area contributed by atoms with Gasteiger partial charge in [-0.05, 0) is 43.0 Å². The molecule has 1 aliphatic rings. The molecule has 0 aromatic heterocycles. The van der Waals surface area contributed by atoms with Crippen molar-refractivity contribution in [3.8, 4) is 11.5 Å². The highest BCUT2D eigenvalue weighted by Crippen LogP contribution is 2.26. The molecule has 0 spiro atoms. The van der Waals surface area contributed by atoms with Crippen molar-refractivity contribution in [1.29, 1.82) is 0 Å². The fraction of sp³-hybridized carbons (Fsp3) is 0.440. The number of carbonyl (C=O) groups is 1. The molecule has 1 heterocycles. The summed E-state index contributed by atoms with van der Waals surface area (Å²) < 4.78 is 11.3. The smallest absolute Gasteiger partial charge is 0.222 e.